The maximum Gasteiger partial charge on any atom is 0.275 e. The van der Waals surface area contributed by atoms with E-state index in [9.17, 15) is 4.79 Å². The van der Waals surface area contributed by atoms with E-state index in [2.05, 4.69) is 39.1 Å². The predicted molar refractivity (Wildman–Crippen MR) is 117 cm³/mol. The first-order chi connectivity index (χ1) is 13.7. The number of aliphatic imine (C=N–C) groups is 1. The second kappa shape index (κ2) is 9.21. The zero-order chi connectivity index (χ0) is 21.7. The quantitative estimate of drug-likeness (QED) is 0.782. The molecular weight excluding hydrogens is 388 g/mol. The highest BCUT2D eigenvalue weighted by Gasteiger charge is 2.40. The van der Waals surface area contributed by atoms with Crippen molar-refractivity contribution < 1.29 is 9.53 Å². The Bertz CT molecular complexity index is 885. The number of nitrogens with one attached hydrogen (secondary N) is 1. The van der Waals surface area contributed by atoms with Crippen LogP contribution in [0.5, 0.6) is 5.88 Å². The van der Waals surface area contributed by atoms with Crippen LogP contribution >= 0.6 is 11.8 Å². The summed E-state index contributed by atoms with van der Waals surface area (Å²) in [5, 5.41) is 3.36. The summed E-state index contributed by atoms with van der Waals surface area (Å²) in [6.07, 6.45) is 5.19. The first-order valence-electron chi connectivity index (χ1n) is 9.39. The monoisotopic (exact) mass is 416 g/mol. The minimum atomic E-state index is -0.556. The van der Waals surface area contributed by atoms with E-state index >= 15 is 0 Å². The van der Waals surface area contributed by atoms with Gasteiger partial charge in [0.05, 0.1) is 25.2 Å². The Morgan fingerprint density at radius 2 is 1.93 bits per heavy atom. The second-order valence-electron chi connectivity index (χ2n) is 7.09. The second-order valence-corrected chi connectivity index (χ2v) is 8.82. The minimum absolute atomic E-state index is 0.0554. The van der Waals surface area contributed by atoms with E-state index in [4.69, 9.17) is 10.5 Å². The van der Waals surface area contributed by atoms with Crippen LogP contribution in [-0.4, -0.2) is 37.9 Å². The normalized spacial score (nSPS) is 20.0. The fraction of sp³-hybridized carbons (Fsp3) is 0.450. The number of nitrogens with zero attached hydrogens (tertiary/aromatic N) is 4. The molecule has 8 nitrogen and oxygen atoms in total. The molecule has 0 bridgehead atoms. The number of carbonyl (C=O) groups excluding carboxylic acids is 1. The number of hydrogen-bond acceptors (Lipinski definition) is 8. The predicted octanol–water partition coefficient (Wildman–Crippen LogP) is 3.60. The van der Waals surface area contributed by atoms with Gasteiger partial charge in [-0.15, -0.1) is 0 Å². The van der Waals surface area contributed by atoms with Crippen LogP contribution in [0.15, 0.2) is 35.7 Å². The number of pyridine rings is 1. The van der Waals surface area contributed by atoms with Crippen LogP contribution in [0.1, 0.15) is 57.2 Å². The van der Waals surface area contributed by atoms with Gasteiger partial charge in [0.15, 0.2) is 5.17 Å². The smallest absolute Gasteiger partial charge is 0.275 e. The average Bonchev–Trinajstić information content (AvgIpc) is 2.68. The summed E-state index contributed by atoms with van der Waals surface area (Å²) in [5.41, 5.74) is 7.02. The third kappa shape index (κ3) is 5.66. The van der Waals surface area contributed by atoms with Gasteiger partial charge in [-0.05, 0) is 25.5 Å². The number of hydrogen-bond donors (Lipinski definition) is 2. The Labute approximate surface area is 175 Å². The van der Waals surface area contributed by atoms with Crippen LogP contribution in [0.2, 0.25) is 0 Å². The zero-order valence-corrected chi connectivity index (χ0v) is 18.5. The average molecular weight is 417 g/mol. The molecule has 0 saturated heterocycles. The number of carbonyl (C=O) groups is 1. The zero-order valence-electron chi connectivity index (χ0n) is 17.7. The minimum Gasteiger partial charge on any atom is -0.480 e. The summed E-state index contributed by atoms with van der Waals surface area (Å²) in [6.45, 7) is 10.3. The fourth-order valence-corrected chi connectivity index (χ4v) is 4.30. The van der Waals surface area contributed by atoms with Crippen molar-refractivity contribution in [1.29, 1.82) is 0 Å². The van der Waals surface area contributed by atoms with Crippen molar-refractivity contribution in [3.63, 3.8) is 0 Å². The summed E-state index contributed by atoms with van der Waals surface area (Å²) in [4.78, 5) is 29.5. The molecule has 0 aliphatic carbocycles. The molecule has 0 aromatic carbocycles. The third-order valence-corrected chi connectivity index (χ3v) is 5.14. The number of amidine groups is 1. The van der Waals surface area contributed by atoms with Crippen molar-refractivity contribution in [2.24, 2.45) is 10.7 Å². The lowest BCUT2D eigenvalue weighted by Gasteiger charge is -2.38. The molecule has 1 atom stereocenters. The molecule has 156 valence electrons. The Kier molecular flexibility index (Phi) is 7.18. The number of aromatic nitrogens is 3. The van der Waals surface area contributed by atoms with Crippen molar-refractivity contribution in [3.05, 3.63) is 42.1 Å². The maximum atomic E-state index is 12.4. The van der Waals surface area contributed by atoms with Crippen LogP contribution in [0.25, 0.3) is 0 Å². The first kappa shape index (κ1) is 22.6. The van der Waals surface area contributed by atoms with Gasteiger partial charge in [0.1, 0.15) is 11.2 Å². The number of methoxy groups -OCH3 is 1. The van der Waals surface area contributed by atoms with E-state index < -0.39 is 5.54 Å². The molecule has 9 heteroatoms. The molecule has 1 unspecified atom stereocenters. The van der Waals surface area contributed by atoms with Crippen molar-refractivity contribution in [2.75, 3.05) is 12.4 Å². The molecule has 3 heterocycles. The van der Waals surface area contributed by atoms with Gasteiger partial charge in [-0.2, -0.15) is 0 Å². The largest absolute Gasteiger partial charge is 0.480 e. The lowest BCUT2D eigenvalue weighted by atomic mass is 9.87. The van der Waals surface area contributed by atoms with Crippen molar-refractivity contribution in [1.82, 2.24) is 15.0 Å². The number of rotatable bonds is 4. The molecule has 2 aromatic rings. The molecular formula is C20H28N6O2S. The molecule has 1 amide bonds. The topological polar surface area (TPSA) is 115 Å². The van der Waals surface area contributed by atoms with Gasteiger partial charge < -0.3 is 15.8 Å². The number of amides is 1. The molecule has 3 rings (SSSR count). The molecule has 2 aromatic heterocycles. The van der Waals surface area contributed by atoms with Crippen molar-refractivity contribution in [3.8, 4) is 5.88 Å². The van der Waals surface area contributed by atoms with E-state index in [1.165, 1.54) is 19.5 Å². The van der Waals surface area contributed by atoms with Crippen molar-refractivity contribution >= 4 is 28.5 Å². The standard InChI is InChI=1S/C18H22N6O2S.C2H6/c1-17(2)10-18(3,24-16(19)27-17)13-7-11(5-6-20-13)23-15(25)12-8-22-14(26-4)9-21-12;1-2/h5-9H,10H2,1-4H3,(H2,19,24)(H,20,23,25);1-2H3. The van der Waals surface area contributed by atoms with Gasteiger partial charge in [0.25, 0.3) is 5.91 Å². The van der Waals surface area contributed by atoms with Crippen LogP contribution in [0, 0.1) is 0 Å². The van der Waals surface area contributed by atoms with Gasteiger partial charge in [0, 0.05) is 16.6 Å². The maximum absolute atomic E-state index is 12.4. The van der Waals surface area contributed by atoms with Gasteiger partial charge in [-0.1, -0.05) is 39.5 Å². The van der Waals surface area contributed by atoms with E-state index in [0.717, 1.165) is 12.1 Å². The third-order valence-electron chi connectivity index (χ3n) is 4.15. The van der Waals surface area contributed by atoms with Crippen LogP contribution in [0.3, 0.4) is 0 Å². The summed E-state index contributed by atoms with van der Waals surface area (Å²) < 4.78 is 4.89. The first-order valence-corrected chi connectivity index (χ1v) is 10.2. The molecule has 0 fully saturated rings. The molecule has 3 N–H and O–H groups in total. The number of thioether (sulfide) groups is 1. The van der Waals surface area contributed by atoms with Gasteiger partial charge in [0.2, 0.25) is 5.88 Å². The molecule has 0 radical (unpaired) electrons. The Morgan fingerprint density at radius 3 is 2.52 bits per heavy atom. The highest BCUT2D eigenvalue weighted by Crippen LogP contribution is 2.44. The highest BCUT2D eigenvalue weighted by molar-refractivity contribution is 8.15. The number of nitrogens with two attached hydrogens (primary N) is 1. The molecule has 1 aliphatic heterocycles. The Morgan fingerprint density at radius 1 is 1.21 bits per heavy atom. The van der Waals surface area contributed by atoms with Crippen molar-refractivity contribution in [2.45, 2.75) is 51.3 Å². The summed E-state index contributed by atoms with van der Waals surface area (Å²) in [6, 6.07) is 3.54. The van der Waals surface area contributed by atoms with Gasteiger partial charge >= 0.3 is 0 Å². The van der Waals surface area contributed by atoms with Crippen LogP contribution in [0.4, 0.5) is 5.69 Å². The molecule has 0 spiro atoms. The van der Waals surface area contributed by atoms with Crippen LogP contribution in [-0.2, 0) is 5.54 Å². The molecule has 29 heavy (non-hydrogen) atoms. The van der Waals surface area contributed by atoms with Gasteiger partial charge in [-0.3, -0.25) is 9.78 Å². The van der Waals surface area contributed by atoms with E-state index in [0.29, 0.717) is 16.7 Å². The molecule has 1 aliphatic rings. The lowest BCUT2D eigenvalue weighted by Crippen LogP contribution is -2.38. The summed E-state index contributed by atoms with van der Waals surface area (Å²) >= 11 is 1.56. The van der Waals surface area contributed by atoms with Crippen LogP contribution < -0.4 is 15.8 Å². The number of anilines is 1. The molecule has 0 saturated carbocycles. The lowest BCUT2D eigenvalue weighted by molar-refractivity contribution is 0.102. The van der Waals surface area contributed by atoms with E-state index in [1.807, 2.05) is 26.8 Å². The summed E-state index contributed by atoms with van der Waals surface area (Å²) in [5.74, 6) is -0.0195. The van der Waals surface area contributed by atoms with Gasteiger partial charge in [-0.25, -0.2) is 15.0 Å². The number of ether oxygens (including phenoxy) is 1. The van der Waals surface area contributed by atoms with E-state index in [-0.39, 0.29) is 16.3 Å². The Balaban J connectivity index is 0.00000145. The SMILES string of the molecule is CC.COc1cnc(C(=O)Nc2ccnc(C3(C)CC(C)(C)SC(N)=N3)c2)cn1. The summed E-state index contributed by atoms with van der Waals surface area (Å²) in [7, 11) is 1.49. The fourth-order valence-electron chi connectivity index (χ4n) is 3.14. The highest BCUT2D eigenvalue weighted by atomic mass is 32.2. The van der Waals surface area contributed by atoms with E-state index in [1.54, 1.807) is 24.0 Å². The Hall–Kier alpha value is -2.68.